The number of anilines is 1. The Morgan fingerprint density at radius 1 is 0.970 bits per heavy atom. The summed E-state index contributed by atoms with van der Waals surface area (Å²) in [5.74, 6) is 0.306. The lowest BCUT2D eigenvalue weighted by molar-refractivity contribution is -0.126. The van der Waals surface area contributed by atoms with Gasteiger partial charge in [-0.15, -0.1) is 0 Å². The lowest BCUT2D eigenvalue weighted by Crippen LogP contribution is -2.36. The Labute approximate surface area is 202 Å². The van der Waals surface area contributed by atoms with Gasteiger partial charge in [0.05, 0.1) is 38.1 Å². The molecule has 0 bridgehead atoms. The van der Waals surface area contributed by atoms with Gasteiger partial charge in [0, 0.05) is 42.1 Å². The number of ether oxygens (including phenoxy) is 4. The molecule has 0 fully saturated rings. The van der Waals surface area contributed by atoms with Crippen molar-refractivity contribution in [3.05, 3.63) is 35.4 Å². The normalized spacial score (nSPS) is 11.7. The van der Waals surface area contributed by atoms with Crippen molar-refractivity contribution in [1.29, 1.82) is 0 Å². The second-order valence-corrected chi connectivity index (χ2v) is 7.28. The van der Waals surface area contributed by atoms with Gasteiger partial charge in [0.25, 0.3) is 5.91 Å². The Morgan fingerprint density at radius 3 is 2.00 bits per heavy atom. The van der Waals surface area contributed by atoms with E-state index in [4.69, 9.17) is 42.3 Å². The van der Waals surface area contributed by atoms with Crippen molar-refractivity contribution < 1.29 is 28.5 Å². The molecule has 2 aromatic carbocycles. The third-order valence-electron chi connectivity index (χ3n) is 4.27. The Hall–Kier alpha value is -3.04. The fraction of sp³-hybridized carbons (Fsp3) is 0.364. The molecule has 0 spiro atoms. The van der Waals surface area contributed by atoms with Crippen molar-refractivity contribution in [2.75, 3.05) is 31.9 Å². The standard InChI is InChI=1S/C22H25Cl2N3O6/c1-6-32-19-11-17(23)18(12-20(19)33-7-2)25-26-21(13(3)28)22(29)27(24)14-8-15(30-4)10-16(9-14)31-5/h8-12,21H,6-7H2,1-5H3. The van der Waals surface area contributed by atoms with E-state index in [0.29, 0.717) is 36.2 Å². The maximum absolute atomic E-state index is 13.0. The van der Waals surface area contributed by atoms with Gasteiger partial charge in [-0.25, -0.2) is 4.42 Å². The zero-order chi connectivity index (χ0) is 24.5. The van der Waals surface area contributed by atoms with Crippen LogP contribution in [0.2, 0.25) is 5.02 Å². The molecule has 178 valence electrons. The van der Waals surface area contributed by atoms with Crippen LogP contribution in [0.5, 0.6) is 23.0 Å². The molecule has 0 saturated heterocycles. The molecule has 2 rings (SSSR count). The molecule has 1 amide bonds. The molecule has 0 aliphatic carbocycles. The predicted octanol–water partition coefficient (Wildman–Crippen LogP) is 5.38. The van der Waals surface area contributed by atoms with Crippen LogP contribution in [0.4, 0.5) is 11.4 Å². The van der Waals surface area contributed by atoms with Crippen LogP contribution in [0.25, 0.3) is 0 Å². The number of halogens is 2. The van der Waals surface area contributed by atoms with Crippen LogP contribution in [0, 0.1) is 0 Å². The van der Waals surface area contributed by atoms with E-state index in [1.54, 1.807) is 6.07 Å². The van der Waals surface area contributed by atoms with E-state index < -0.39 is 17.7 Å². The summed E-state index contributed by atoms with van der Waals surface area (Å²) in [6.45, 7) is 5.66. The first kappa shape index (κ1) is 26.2. The van der Waals surface area contributed by atoms with Crippen molar-refractivity contribution in [1.82, 2.24) is 0 Å². The molecule has 0 aromatic heterocycles. The summed E-state index contributed by atoms with van der Waals surface area (Å²) < 4.78 is 22.2. The number of carbonyl (C=O) groups excluding carboxylic acids is 2. The van der Waals surface area contributed by atoms with Gasteiger partial charge in [-0.3, -0.25) is 9.59 Å². The first-order valence-electron chi connectivity index (χ1n) is 9.98. The number of amides is 1. The Bertz CT molecular complexity index is 1010. The van der Waals surface area contributed by atoms with Crippen LogP contribution in [0.3, 0.4) is 0 Å². The molecule has 0 saturated carbocycles. The van der Waals surface area contributed by atoms with Crippen molar-refractivity contribution in [3.63, 3.8) is 0 Å². The molecule has 0 heterocycles. The number of hydrogen-bond donors (Lipinski definition) is 0. The molecule has 1 atom stereocenters. The maximum Gasteiger partial charge on any atom is 0.276 e. The van der Waals surface area contributed by atoms with Gasteiger partial charge in [0.2, 0.25) is 6.04 Å². The molecule has 0 radical (unpaired) electrons. The van der Waals surface area contributed by atoms with Gasteiger partial charge < -0.3 is 18.9 Å². The molecule has 0 aliphatic heterocycles. The maximum atomic E-state index is 13.0. The van der Waals surface area contributed by atoms with E-state index in [0.717, 1.165) is 4.42 Å². The third kappa shape index (κ3) is 6.72. The zero-order valence-corrected chi connectivity index (χ0v) is 20.4. The number of benzene rings is 2. The predicted molar refractivity (Wildman–Crippen MR) is 126 cm³/mol. The second-order valence-electron chi connectivity index (χ2n) is 6.53. The number of Topliss-reactive ketones (excluding diaryl/α,β-unsaturated/α-hetero) is 1. The lowest BCUT2D eigenvalue weighted by Gasteiger charge is -2.18. The van der Waals surface area contributed by atoms with Gasteiger partial charge in [-0.05, 0) is 20.8 Å². The van der Waals surface area contributed by atoms with Crippen molar-refractivity contribution in [2.24, 2.45) is 10.2 Å². The van der Waals surface area contributed by atoms with Gasteiger partial charge in [-0.1, -0.05) is 11.6 Å². The monoisotopic (exact) mass is 497 g/mol. The van der Waals surface area contributed by atoms with Crippen molar-refractivity contribution in [2.45, 2.75) is 26.8 Å². The number of methoxy groups -OCH3 is 2. The minimum absolute atomic E-state index is 0.201. The number of rotatable bonds is 11. The van der Waals surface area contributed by atoms with E-state index in [-0.39, 0.29) is 16.4 Å². The number of ketones is 1. The van der Waals surface area contributed by atoms with Crippen LogP contribution in [-0.2, 0) is 9.59 Å². The van der Waals surface area contributed by atoms with Gasteiger partial charge in [0.15, 0.2) is 17.3 Å². The van der Waals surface area contributed by atoms with E-state index in [1.165, 1.54) is 45.4 Å². The van der Waals surface area contributed by atoms with Gasteiger partial charge >= 0.3 is 0 Å². The van der Waals surface area contributed by atoms with E-state index in [1.807, 2.05) is 13.8 Å². The number of nitrogens with zero attached hydrogens (tertiary/aromatic N) is 3. The smallest absolute Gasteiger partial charge is 0.276 e. The highest BCUT2D eigenvalue weighted by Gasteiger charge is 2.29. The average molecular weight is 498 g/mol. The van der Waals surface area contributed by atoms with Crippen LogP contribution in [0.1, 0.15) is 20.8 Å². The molecule has 2 aromatic rings. The Morgan fingerprint density at radius 2 is 1.52 bits per heavy atom. The molecule has 0 aliphatic rings. The van der Waals surface area contributed by atoms with Crippen LogP contribution in [-0.4, -0.2) is 45.2 Å². The number of hydrogen-bond acceptors (Lipinski definition) is 8. The van der Waals surface area contributed by atoms with Gasteiger partial charge in [0.1, 0.15) is 17.2 Å². The van der Waals surface area contributed by atoms with E-state index in [2.05, 4.69) is 10.2 Å². The number of azo groups is 1. The summed E-state index contributed by atoms with van der Waals surface area (Å²) in [4.78, 5) is 25.2. The van der Waals surface area contributed by atoms with Gasteiger partial charge in [-0.2, -0.15) is 10.2 Å². The van der Waals surface area contributed by atoms with E-state index >= 15 is 0 Å². The molecule has 0 N–H and O–H groups in total. The lowest BCUT2D eigenvalue weighted by atomic mass is 10.2. The van der Waals surface area contributed by atoms with Crippen LogP contribution >= 0.6 is 23.4 Å². The third-order valence-corrected chi connectivity index (χ3v) is 4.93. The first-order valence-corrected chi connectivity index (χ1v) is 10.7. The highest BCUT2D eigenvalue weighted by Crippen LogP contribution is 2.38. The van der Waals surface area contributed by atoms with E-state index in [9.17, 15) is 9.59 Å². The van der Waals surface area contributed by atoms with Crippen molar-refractivity contribution >= 4 is 46.4 Å². The molecular formula is C22H25Cl2N3O6. The molecule has 1 unspecified atom stereocenters. The summed E-state index contributed by atoms with van der Waals surface area (Å²) in [7, 11) is 2.92. The largest absolute Gasteiger partial charge is 0.497 e. The minimum atomic E-state index is -1.50. The second kappa shape index (κ2) is 12.3. The topological polar surface area (TPSA) is 99.0 Å². The summed E-state index contributed by atoms with van der Waals surface area (Å²) in [5, 5.41) is 8.15. The van der Waals surface area contributed by atoms with Crippen molar-refractivity contribution in [3.8, 4) is 23.0 Å². The number of carbonyl (C=O) groups is 2. The average Bonchev–Trinajstić information content (AvgIpc) is 2.80. The minimum Gasteiger partial charge on any atom is -0.497 e. The fourth-order valence-corrected chi connectivity index (χ4v) is 3.08. The molecule has 11 heteroatoms. The molecular weight excluding hydrogens is 473 g/mol. The first-order chi connectivity index (χ1) is 15.7. The summed E-state index contributed by atoms with van der Waals surface area (Å²) in [6.07, 6.45) is 0. The van der Waals surface area contributed by atoms with Crippen LogP contribution in [0.15, 0.2) is 40.6 Å². The Kier molecular flexibility index (Phi) is 9.74. The quantitative estimate of drug-likeness (QED) is 0.234. The SMILES string of the molecule is CCOc1cc(Cl)c(N=NC(C(C)=O)C(=O)N(Cl)c2cc(OC)cc(OC)c2)cc1OCC. The zero-order valence-electron chi connectivity index (χ0n) is 18.9. The van der Waals surface area contributed by atoms with Crippen LogP contribution < -0.4 is 23.4 Å². The molecule has 9 nitrogen and oxygen atoms in total. The summed E-state index contributed by atoms with van der Waals surface area (Å²) in [6, 6.07) is 6.19. The molecule has 33 heavy (non-hydrogen) atoms. The highest BCUT2D eigenvalue weighted by molar-refractivity contribution is 6.39. The highest BCUT2D eigenvalue weighted by atomic mass is 35.5. The Balaban J connectivity index is 2.37. The summed E-state index contributed by atoms with van der Waals surface area (Å²) in [5.41, 5.74) is 0.434. The fourth-order valence-electron chi connectivity index (χ4n) is 2.70. The summed E-state index contributed by atoms with van der Waals surface area (Å²) >= 11 is 12.5.